The number of methoxy groups -OCH3 is 1. The number of hydrogen-bond acceptors (Lipinski definition) is 5. The predicted molar refractivity (Wildman–Crippen MR) is 63.1 cm³/mol. The first-order chi connectivity index (χ1) is 8.04. The molecule has 1 N–H and O–H groups in total. The number of hydrogen-bond donors (Lipinski definition) is 1. The highest BCUT2D eigenvalue weighted by molar-refractivity contribution is 5.75. The van der Waals surface area contributed by atoms with Crippen molar-refractivity contribution in [3.63, 3.8) is 0 Å². The van der Waals surface area contributed by atoms with E-state index in [0.717, 1.165) is 12.2 Å². The molecule has 0 bridgehead atoms. The molecule has 1 rings (SSSR count). The Morgan fingerprint density at radius 2 is 2.29 bits per heavy atom. The first kappa shape index (κ1) is 13.6. The van der Waals surface area contributed by atoms with Crippen molar-refractivity contribution in [2.75, 3.05) is 7.11 Å². The van der Waals surface area contributed by atoms with Gasteiger partial charge in [0.1, 0.15) is 18.2 Å². The molecular weight excluding hydrogens is 220 g/mol. The van der Waals surface area contributed by atoms with Crippen LogP contribution in [0.25, 0.3) is 0 Å². The van der Waals surface area contributed by atoms with Gasteiger partial charge in [0.25, 0.3) is 0 Å². The summed E-state index contributed by atoms with van der Waals surface area (Å²) in [7, 11) is 3.27. The van der Waals surface area contributed by atoms with Crippen LogP contribution in [-0.4, -0.2) is 33.9 Å². The molecule has 0 aromatic carbocycles. The third kappa shape index (κ3) is 4.14. The molecule has 0 aliphatic rings. The van der Waals surface area contributed by atoms with E-state index in [2.05, 4.69) is 29.4 Å². The second-order valence-electron chi connectivity index (χ2n) is 4.44. The summed E-state index contributed by atoms with van der Waals surface area (Å²) >= 11 is 0. The first-order valence-corrected chi connectivity index (χ1v) is 5.68. The summed E-state index contributed by atoms with van der Waals surface area (Å²) in [6.07, 6.45) is 2.37. The van der Waals surface area contributed by atoms with Gasteiger partial charge >= 0.3 is 5.97 Å². The van der Waals surface area contributed by atoms with E-state index in [1.165, 1.54) is 7.11 Å². The van der Waals surface area contributed by atoms with Crippen LogP contribution in [0.4, 0.5) is 0 Å². The molecule has 1 atom stereocenters. The highest BCUT2D eigenvalue weighted by atomic mass is 16.5. The Balaban J connectivity index is 2.55. The van der Waals surface area contributed by atoms with Crippen molar-refractivity contribution < 1.29 is 9.53 Å². The molecule has 1 aromatic rings. The fourth-order valence-electron chi connectivity index (χ4n) is 1.56. The summed E-state index contributed by atoms with van der Waals surface area (Å²) < 4.78 is 6.59. The lowest BCUT2D eigenvalue weighted by atomic mass is 10.0. The minimum Gasteiger partial charge on any atom is -0.468 e. The van der Waals surface area contributed by atoms with Gasteiger partial charge in [0.05, 0.1) is 13.7 Å². The van der Waals surface area contributed by atoms with E-state index in [1.54, 1.807) is 6.33 Å². The standard InChI is InChI=1S/C11H20N4O2/c1-8(2)5-9(11(16)17-4)12-6-10-14-13-7-15(10)3/h7-9,12H,5-6H2,1-4H3. The van der Waals surface area contributed by atoms with E-state index < -0.39 is 0 Å². The summed E-state index contributed by atoms with van der Waals surface area (Å²) in [5.41, 5.74) is 0. The van der Waals surface area contributed by atoms with Crippen LogP contribution in [0.15, 0.2) is 6.33 Å². The van der Waals surface area contributed by atoms with E-state index in [9.17, 15) is 4.79 Å². The number of nitrogens with one attached hydrogen (secondary N) is 1. The zero-order chi connectivity index (χ0) is 12.8. The molecular formula is C11H20N4O2. The summed E-state index contributed by atoms with van der Waals surface area (Å²) in [5, 5.41) is 10.9. The summed E-state index contributed by atoms with van der Waals surface area (Å²) in [4.78, 5) is 11.6. The van der Waals surface area contributed by atoms with Gasteiger partial charge in [0.15, 0.2) is 0 Å². The average Bonchev–Trinajstić information content (AvgIpc) is 2.68. The normalized spacial score (nSPS) is 12.8. The van der Waals surface area contributed by atoms with Crippen molar-refractivity contribution >= 4 is 5.97 Å². The number of rotatable bonds is 6. The van der Waals surface area contributed by atoms with Crippen LogP contribution in [0.5, 0.6) is 0 Å². The second kappa shape index (κ2) is 6.34. The Bertz CT molecular complexity index is 362. The highest BCUT2D eigenvalue weighted by Crippen LogP contribution is 2.07. The third-order valence-electron chi connectivity index (χ3n) is 2.50. The van der Waals surface area contributed by atoms with Gasteiger partial charge in [-0.05, 0) is 12.3 Å². The molecule has 0 fully saturated rings. The van der Waals surface area contributed by atoms with Crippen molar-refractivity contribution in [1.29, 1.82) is 0 Å². The van der Waals surface area contributed by atoms with E-state index in [4.69, 9.17) is 4.74 Å². The Hall–Kier alpha value is -1.43. The Morgan fingerprint density at radius 1 is 1.59 bits per heavy atom. The van der Waals surface area contributed by atoms with Crippen molar-refractivity contribution in [3.8, 4) is 0 Å². The predicted octanol–water partition coefficient (Wildman–Crippen LogP) is 0.492. The lowest BCUT2D eigenvalue weighted by Gasteiger charge is -2.17. The van der Waals surface area contributed by atoms with Crippen LogP contribution in [0.2, 0.25) is 0 Å². The van der Waals surface area contributed by atoms with Crippen LogP contribution in [-0.2, 0) is 23.1 Å². The fourth-order valence-corrected chi connectivity index (χ4v) is 1.56. The van der Waals surface area contributed by atoms with Gasteiger partial charge in [-0.15, -0.1) is 10.2 Å². The topological polar surface area (TPSA) is 69.0 Å². The minimum absolute atomic E-state index is 0.235. The second-order valence-corrected chi connectivity index (χ2v) is 4.44. The van der Waals surface area contributed by atoms with Gasteiger partial charge in [-0.1, -0.05) is 13.8 Å². The van der Waals surface area contributed by atoms with Crippen molar-refractivity contribution in [3.05, 3.63) is 12.2 Å². The van der Waals surface area contributed by atoms with Gasteiger partial charge in [0.2, 0.25) is 0 Å². The van der Waals surface area contributed by atoms with Gasteiger partial charge in [-0.3, -0.25) is 10.1 Å². The summed E-state index contributed by atoms with van der Waals surface area (Å²) in [6, 6.07) is -0.295. The van der Waals surface area contributed by atoms with Crippen LogP contribution in [0.1, 0.15) is 26.1 Å². The van der Waals surface area contributed by atoms with Crippen LogP contribution < -0.4 is 5.32 Å². The van der Waals surface area contributed by atoms with Crippen LogP contribution >= 0.6 is 0 Å². The zero-order valence-electron chi connectivity index (χ0n) is 10.8. The van der Waals surface area contributed by atoms with Gasteiger partial charge in [0, 0.05) is 7.05 Å². The van der Waals surface area contributed by atoms with Crippen molar-refractivity contribution in [2.45, 2.75) is 32.9 Å². The lowest BCUT2D eigenvalue weighted by Crippen LogP contribution is -2.38. The first-order valence-electron chi connectivity index (χ1n) is 5.68. The summed E-state index contributed by atoms with van der Waals surface area (Å²) in [6.45, 7) is 4.64. The number of aryl methyl sites for hydroxylation is 1. The van der Waals surface area contributed by atoms with Crippen molar-refractivity contribution in [2.24, 2.45) is 13.0 Å². The Morgan fingerprint density at radius 3 is 2.76 bits per heavy atom. The fraction of sp³-hybridized carbons (Fsp3) is 0.727. The minimum atomic E-state index is -0.295. The molecule has 0 radical (unpaired) electrons. The highest BCUT2D eigenvalue weighted by Gasteiger charge is 2.20. The van der Waals surface area contributed by atoms with Crippen LogP contribution in [0, 0.1) is 5.92 Å². The molecule has 1 heterocycles. The van der Waals surface area contributed by atoms with Crippen LogP contribution in [0.3, 0.4) is 0 Å². The summed E-state index contributed by atoms with van der Waals surface area (Å²) in [5.74, 6) is 0.981. The number of nitrogens with zero attached hydrogens (tertiary/aromatic N) is 3. The molecule has 0 aliphatic carbocycles. The molecule has 1 aromatic heterocycles. The maximum absolute atomic E-state index is 11.6. The van der Waals surface area contributed by atoms with E-state index in [0.29, 0.717) is 12.5 Å². The smallest absolute Gasteiger partial charge is 0.322 e. The molecule has 0 aliphatic heterocycles. The maximum Gasteiger partial charge on any atom is 0.322 e. The van der Waals surface area contributed by atoms with Gasteiger partial charge in [-0.2, -0.15) is 0 Å². The third-order valence-corrected chi connectivity index (χ3v) is 2.50. The van der Waals surface area contributed by atoms with E-state index >= 15 is 0 Å². The molecule has 96 valence electrons. The molecule has 0 saturated heterocycles. The largest absolute Gasteiger partial charge is 0.468 e. The molecule has 6 nitrogen and oxygen atoms in total. The molecule has 6 heteroatoms. The maximum atomic E-state index is 11.6. The molecule has 17 heavy (non-hydrogen) atoms. The number of carbonyl (C=O) groups is 1. The van der Waals surface area contributed by atoms with E-state index in [1.807, 2.05) is 11.6 Å². The quantitative estimate of drug-likeness (QED) is 0.733. The number of ether oxygens (including phenoxy) is 1. The SMILES string of the molecule is COC(=O)C(CC(C)C)NCc1nncn1C. The van der Waals surface area contributed by atoms with Gasteiger partial charge < -0.3 is 9.30 Å². The zero-order valence-corrected chi connectivity index (χ0v) is 10.8. The lowest BCUT2D eigenvalue weighted by molar-refractivity contribution is -0.143. The molecule has 0 amide bonds. The molecule has 1 unspecified atom stereocenters. The monoisotopic (exact) mass is 240 g/mol. The van der Waals surface area contributed by atoms with Gasteiger partial charge in [-0.25, -0.2) is 0 Å². The molecule has 0 spiro atoms. The Kier molecular flexibility index (Phi) is 5.09. The average molecular weight is 240 g/mol. The number of esters is 1. The van der Waals surface area contributed by atoms with Crippen molar-refractivity contribution in [1.82, 2.24) is 20.1 Å². The van der Waals surface area contributed by atoms with E-state index in [-0.39, 0.29) is 12.0 Å². The number of carbonyl (C=O) groups excluding carboxylic acids is 1. The Labute approximate surface area is 101 Å². The number of aromatic nitrogens is 3. The molecule has 0 saturated carbocycles.